The smallest absolute Gasteiger partial charge is 0.282 e. The van der Waals surface area contributed by atoms with Crippen molar-refractivity contribution >= 4 is 50.0 Å². The normalized spacial score (nSPS) is 10.0. The summed E-state index contributed by atoms with van der Waals surface area (Å²) in [7, 11) is 0. The quantitative estimate of drug-likeness (QED) is 0.347. The molecule has 0 unspecified atom stereocenters. The molecule has 0 radical (unpaired) electrons. The lowest BCUT2D eigenvalue weighted by molar-refractivity contribution is -0.385. The van der Waals surface area contributed by atoms with E-state index in [-0.39, 0.29) is 11.5 Å². The Bertz CT molecular complexity index is 408. The van der Waals surface area contributed by atoms with Crippen molar-refractivity contribution in [3.8, 4) is 0 Å². The fourth-order valence-corrected chi connectivity index (χ4v) is 2.06. The fourth-order valence-electron chi connectivity index (χ4n) is 1.08. The molecule has 0 aliphatic rings. The number of nitrogens with zero attached hydrogens (tertiary/aromatic N) is 1. The Morgan fingerprint density at radius 1 is 1.53 bits per heavy atom. The van der Waals surface area contributed by atoms with Crippen molar-refractivity contribution in [1.29, 1.82) is 0 Å². The van der Waals surface area contributed by atoms with E-state index < -0.39 is 4.92 Å². The number of nitro benzene ring substituents is 1. The van der Waals surface area contributed by atoms with E-state index in [9.17, 15) is 14.9 Å². The number of nitro groups is 1. The number of hydrogen-bond donors (Lipinski definition) is 0. The zero-order valence-electron chi connectivity index (χ0n) is 7.57. The van der Waals surface area contributed by atoms with E-state index in [0.717, 1.165) is 5.56 Å². The molecule has 1 aromatic rings. The third kappa shape index (κ3) is 3.53. The van der Waals surface area contributed by atoms with Gasteiger partial charge in [-0.05, 0) is 34.2 Å². The van der Waals surface area contributed by atoms with Gasteiger partial charge in [-0.3, -0.25) is 14.9 Å². The minimum Gasteiger partial charge on any atom is -0.298 e. The molecule has 0 bridgehead atoms. The third-order valence-electron chi connectivity index (χ3n) is 1.76. The van der Waals surface area contributed by atoms with E-state index in [1.807, 2.05) is 22.6 Å². The van der Waals surface area contributed by atoms with Gasteiger partial charge < -0.3 is 0 Å². The highest BCUT2D eigenvalue weighted by Crippen LogP contribution is 2.22. The lowest BCUT2D eigenvalue weighted by Gasteiger charge is -2.00. The third-order valence-corrected chi connectivity index (χ3v) is 3.25. The molecule has 0 amide bonds. The molecule has 0 saturated carbocycles. The molecule has 0 aliphatic heterocycles. The molecule has 15 heavy (non-hydrogen) atoms. The number of carbonyl (C=O) groups is 1. The van der Waals surface area contributed by atoms with Crippen LogP contribution < -0.4 is 0 Å². The van der Waals surface area contributed by atoms with E-state index in [0.29, 0.717) is 15.3 Å². The summed E-state index contributed by atoms with van der Waals surface area (Å²) >= 11 is 4.96. The molecular formula is C9H7BrINO3. The first-order valence-electron chi connectivity index (χ1n) is 4.05. The van der Waals surface area contributed by atoms with Crippen molar-refractivity contribution in [2.75, 3.05) is 5.33 Å². The van der Waals surface area contributed by atoms with Gasteiger partial charge in [0.2, 0.25) is 0 Å². The van der Waals surface area contributed by atoms with Gasteiger partial charge in [-0.2, -0.15) is 0 Å². The summed E-state index contributed by atoms with van der Waals surface area (Å²) in [6.45, 7) is 0. The van der Waals surface area contributed by atoms with Crippen LogP contribution in [-0.2, 0) is 11.2 Å². The van der Waals surface area contributed by atoms with Gasteiger partial charge in [0.25, 0.3) is 5.69 Å². The molecule has 0 aliphatic carbocycles. The standard InChI is InChI=1S/C9H7BrINO3/c10-5-7(13)3-6-1-2-9(12(14)15)8(11)4-6/h1-2,4H,3,5H2. The first-order valence-corrected chi connectivity index (χ1v) is 6.25. The number of rotatable bonds is 4. The summed E-state index contributed by atoms with van der Waals surface area (Å²) in [6, 6.07) is 4.71. The maximum absolute atomic E-state index is 11.1. The predicted octanol–water partition coefficient (Wildman–Crippen LogP) is 2.71. The zero-order chi connectivity index (χ0) is 11.4. The summed E-state index contributed by atoms with van der Waals surface area (Å²) in [4.78, 5) is 21.2. The van der Waals surface area contributed by atoms with Crippen LogP contribution in [0.25, 0.3) is 0 Å². The Labute approximate surface area is 108 Å². The Kier molecular flexibility index (Phi) is 4.65. The molecule has 1 rings (SSSR count). The van der Waals surface area contributed by atoms with Gasteiger partial charge in [0.15, 0.2) is 0 Å². The van der Waals surface area contributed by atoms with Crippen molar-refractivity contribution in [2.45, 2.75) is 6.42 Å². The lowest BCUT2D eigenvalue weighted by Crippen LogP contribution is -2.04. The molecular weight excluding hydrogens is 377 g/mol. The van der Waals surface area contributed by atoms with E-state index in [2.05, 4.69) is 15.9 Å². The van der Waals surface area contributed by atoms with Crippen LogP contribution in [0, 0.1) is 13.7 Å². The summed E-state index contributed by atoms with van der Waals surface area (Å²) in [5.74, 6) is 0.0552. The maximum atomic E-state index is 11.1. The van der Waals surface area contributed by atoms with Crippen LogP contribution in [0.15, 0.2) is 18.2 Å². The van der Waals surface area contributed by atoms with Gasteiger partial charge in [-0.25, -0.2) is 0 Å². The lowest BCUT2D eigenvalue weighted by atomic mass is 10.1. The van der Waals surface area contributed by atoms with Crippen molar-refractivity contribution in [2.24, 2.45) is 0 Å². The average Bonchev–Trinajstić information content (AvgIpc) is 2.17. The second-order valence-electron chi connectivity index (χ2n) is 2.89. The number of ketones is 1. The van der Waals surface area contributed by atoms with Crippen molar-refractivity contribution in [1.82, 2.24) is 0 Å². The molecule has 6 heteroatoms. The van der Waals surface area contributed by atoms with Gasteiger partial charge in [0.05, 0.1) is 13.8 Å². The van der Waals surface area contributed by atoms with Crippen LogP contribution in [0.1, 0.15) is 5.56 Å². The van der Waals surface area contributed by atoms with Crippen LogP contribution in [0.3, 0.4) is 0 Å². The van der Waals surface area contributed by atoms with Crippen LogP contribution in [-0.4, -0.2) is 16.0 Å². The largest absolute Gasteiger partial charge is 0.298 e. The molecule has 0 atom stereocenters. The summed E-state index contributed by atoms with van der Waals surface area (Å²) in [5, 5.41) is 10.8. The molecule has 0 aromatic heterocycles. The highest BCUT2D eigenvalue weighted by molar-refractivity contribution is 14.1. The number of hydrogen-bond acceptors (Lipinski definition) is 3. The summed E-state index contributed by atoms with van der Waals surface area (Å²) in [5.41, 5.74) is 0.875. The van der Waals surface area contributed by atoms with Gasteiger partial charge in [-0.15, -0.1) is 0 Å². The van der Waals surface area contributed by atoms with Crippen molar-refractivity contribution < 1.29 is 9.72 Å². The summed E-state index contributed by atoms with van der Waals surface area (Å²) < 4.78 is 0.553. The summed E-state index contributed by atoms with van der Waals surface area (Å²) in [6.07, 6.45) is 0.305. The highest BCUT2D eigenvalue weighted by Gasteiger charge is 2.12. The molecule has 0 N–H and O–H groups in total. The first-order chi connectivity index (χ1) is 7.04. The van der Waals surface area contributed by atoms with E-state index >= 15 is 0 Å². The topological polar surface area (TPSA) is 60.2 Å². The fraction of sp³-hybridized carbons (Fsp3) is 0.222. The van der Waals surface area contributed by atoms with E-state index in [1.54, 1.807) is 12.1 Å². The number of benzene rings is 1. The first kappa shape index (κ1) is 12.6. The van der Waals surface area contributed by atoms with Gasteiger partial charge in [0, 0.05) is 12.5 Å². The molecule has 0 spiro atoms. The number of halogens is 2. The van der Waals surface area contributed by atoms with E-state index in [4.69, 9.17) is 0 Å². The van der Waals surface area contributed by atoms with Crippen molar-refractivity contribution in [3.63, 3.8) is 0 Å². The van der Waals surface area contributed by atoms with Crippen LogP contribution in [0.2, 0.25) is 0 Å². The van der Waals surface area contributed by atoms with Crippen LogP contribution >= 0.6 is 38.5 Å². The van der Waals surface area contributed by atoms with Crippen LogP contribution in [0.4, 0.5) is 5.69 Å². The molecule has 4 nitrogen and oxygen atoms in total. The van der Waals surface area contributed by atoms with E-state index in [1.165, 1.54) is 6.07 Å². The number of carbonyl (C=O) groups excluding carboxylic acids is 1. The second-order valence-corrected chi connectivity index (χ2v) is 4.61. The number of alkyl halides is 1. The second kappa shape index (κ2) is 5.55. The molecule has 0 fully saturated rings. The Balaban J connectivity index is 2.91. The molecule has 0 heterocycles. The molecule has 80 valence electrons. The van der Waals surface area contributed by atoms with Gasteiger partial charge >= 0.3 is 0 Å². The molecule has 0 saturated heterocycles. The van der Waals surface area contributed by atoms with Crippen LogP contribution in [0.5, 0.6) is 0 Å². The maximum Gasteiger partial charge on any atom is 0.282 e. The number of Topliss-reactive ketones (excluding diaryl/α,β-unsaturated/α-hetero) is 1. The van der Waals surface area contributed by atoms with Crippen molar-refractivity contribution in [3.05, 3.63) is 37.4 Å². The SMILES string of the molecule is O=C(CBr)Cc1ccc([N+](=O)[O-])c(I)c1. The molecule has 1 aromatic carbocycles. The average molecular weight is 384 g/mol. The van der Waals surface area contributed by atoms with Gasteiger partial charge in [-0.1, -0.05) is 22.0 Å². The minimum absolute atomic E-state index is 0.0552. The minimum atomic E-state index is -0.433. The monoisotopic (exact) mass is 383 g/mol. The Morgan fingerprint density at radius 2 is 2.20 bits per heavy atom. The van der Waals surface area contributed by atoms with Gasteiger partial charge in [0.1, 0.15) is 5.78 Å². The Morgan fingerprint density at radius 3 is 2.67 bits per heavy atom. The zero-order valence-corrected chi connectivity index (χ0v) is 11.3. The Hall–Kier alpha value is -0.500. The highest BCUT2D eigenvalue weighted by atomic mass is 127. The predicted molar refractivity (Wildman–Crippen MR) is 68.3 cm³/mol.